The molecule has 131 heavy (non-hydrogen) atoms. The van der Waals surface area contributed by atoms with E-state index in [2.05, 4.69) is 58.3 Å². The number of sulfonamides is 4. The van der Waals surface area contributed by atoms with Crippen LogP contribution in [0.1, 0.15) is 76.1 Å². The van der Waals surface area contributed by atoms with E-state index in [-0.39, 0.29) is 93.7 Å². The average Bonchev–Trinajstić information content (AvgIpc) is 0.789. The SMILES string of the molecule is CC1CN(S(=O)(=O)c2ccc(C(=O)Nc3ccc(Cl)c(-c4ccccn4)c3)cc2)CC(C)N1.CC1CN(S(=O)(=O)c2ccc(C(=O)Nc3ccc(Cl)c(-c4ccccn4)c3)cc2)CC(C)O1.CCN1CCN(S(=O)(=O)c2ccc(C(=O)Nc3ccc(Cl)c(-c4ccccn4)c3)cc2)CC1.O=C(Nc1ccc(Cl)c(-c2ccccn2)c1)c1ccc(S(=O)(=O)N2CCN(O)CC2)cc1. The normalized spacial score (nSPS) is 17.3. The van der Waals surface area contributed by atoms with E-state index < -0.39 is 40.1 Å². The van der Waals surface area contributed by atoms with Crippen molar-refractivity contribution in [1.82, 2.24) is 52.4 Å². The van der Waals surface area contributed by atoms with Crippen LogP contribution in [0.3, 0.4) is 0 Å². The molecule has 37 heteroatoms. The van der Waals surface area contributed by atoms with Crippen molar-refractivity contribution < 1.29 is 62.8 Å². The maximum Gasteiger partial charge on any atom is 0.255 e. The van der Waals surface area contributed by atoms with Gasteiger partial charge in [0.2, 0.25) is 40.1 Å². The van der Waals surface area contributed by atoms with Gasteiger partial charge < -0.3 is 41.4 Å². The van der Waals surface area contributed by atoms with Crippen LogP contribution in [0.15, 0.2) is 287 Å². The van der Waals surface area contributed by atoms with Gasteiger partial charge in [-0.15, -0.1) is 0 Å². The number of piperazine rings is 3. The maximum absolute atomic E-state index is 13.0. The number of likely N-dealkylation sites (N-methyl/N-ethyl adjacent to an activating group) is 1. The molecule has 8 heterocycles. The quantitative estimate of drug-likeness (QED) is 0.0389. The number of hydrogen-bond donors (Lipinski definition) is 6. The second-order valence-corrected chi connectivity index (χ2v) is 40.5. The summed E-state index contributed by atoms with van der Waals surface area (Å²) >= 11 is 25.2. The third-order valence-electron chi connectivity index (χ3n) is 21.6. The lowest BCUT2D eigenvalue weighted by Crippen LogP contribution is -2.55. The number of hydrogen-bond acceptors (Lipinski definition) is 21. The number of nitrogens with one attached hydrogen (secondary N) is 5. The lowest BCUT2D eigenvalue weighted by atomic mass is 10.1. The number of morpholine rings is 1. The summed E-state index contributed by atoms with van der Waals surface area (Å²) in [6.07, 6.45) is 6.33. The van der Waals surface area contributed by atoms with Crippen molar-refractivity contribution in [2.45, 2.75) is 78.5 Å². The van der Waals surface area contributed by atoms with Gasteiger partial charge in [0.15, 0.2) is 0 Å². The summed E-state index contributed by atoms with van der Waals surface area (Å²) < 4.78 is 115. The van der Waals surface area contributed by atoms with Gasteiger partial charge in [-0.05, 0) is 253 Å². The Labute approximate surface area is 781 Å². The van der Waals surface area contributed by atoms with E-state index in [1.165, 1.54) is 114 Å². The van der Waals surface area contributed by atoms with Crippen LogP contribution >= 0.6 is 46.4 Å². The predicted molar refractivity (Wildman–Crippen MR) is 509 cm³/mol. The monoisotopic (exact) mass is 1930 g/mol. The summed E-state index contributed by atoms with van der Waals surface area (Å²) in [5.41, 5.74) is 9.17. The van der Waals surface area contributed by atoms with Crippen LogP contribution in [0.2, 0.25) is 20.1 Å². The number of aromatic nitrogens is 4. The third kappa shape index (κ3) is 25.0. The zero-order valence-electron chi connectivity index (χ0n) is 71.8. The Hall–Kier alpha value is -11.2. The van der Waals surface area contributed by atoms with Crippen LogP contribution in [0, 0.1) is 0 Å². The highest BCUT2D eigenvalue weighted by Gasteiger charge is 2.35. The number of anilines is 4. The highest BCUT2D eigenvalue weighted by Crippen LogP contribution is 2.36. The van der Waals surface area contributed by atoms with Crippen molar-refractivity contribution >= 4 is 133 Å². The van der Waals surface area contributed by atoms with Crippen molar-refractivity contribution in [3.05, 3.63) is 310 Å². The fraction of sp³-hybridized carbons (Fsp3) is 0.234. The molecule has 682 valence electrons. The van der Waals surface area contributed by atoms with Gasteiger partial charge in [-0.1, -0.05) is 77.6 Å². The molecule has 0 bridgehead atoms. The van der Waals surface area contributed by atoms with Gasteiger partial charge in [0.25, 0.3) is 23.6 Å². The fourth-order valence-electron chi connectivity index (χ4n) is 14.8. The number of halogens is 4. The zero-order chi connectivity index (χ0) is 93.3. The zero-order valence-corrected chi connectivity index (χ0v) is 78.1. The standard InChI is InChI=1S/2C24H25ClN4O3S.C24H24ClN3O4S.C22H21ClN4O4S/c1-16-14-29(15-17(2)27-16)33(31,32)20-9-6-18(7-10-20)24(30)28-19-8-11-22(25)21(13-19)23-5-3-4-12-26-23;1-2-28-13-15-29(16-14-28)33(31,32)20-9-6-18(7-10-20)24(30)27-19-8-11-22(25)21(17-19)23-5-3-4-12-26-23;1-16-14-28(15-17(2)32-16)33(30,31)20-9-6-18(7-10-20)24(29)27-19-8-11-22(25)21(13-19)23-5-3-4-12-26-23;23-20-9-6-17(15-19(20)21-3-1-2-10-24-21)25-22(28)16-4-7-18(8-5-16)32(30,31)27-13-11-26(29)12-14-27/h3-13,16-17,27H,14-15H2,1-2H3,(H,28,30);3-12,17H,2,13-16H2,1H3,(H,27,30);3-13,16-17H,14-15H2,1-2H3,(H,27,29);1-10,15,29H,11-14H2,(H,25,28). The average molecular weight is 1930 g/mol. The molecule has 8 aromatic carbocycles. The Bertz CT molecular complexity index is 6300. The largest absolute Gasteiger partial charge is 0.373 e. The molecule has 12 aromatic rings. The summed E-state index contributed by atoms with van der Waals surface area (Å²) in [6, 6.07) is 66.5. The van der Waals surface area contributed by atoms with Crippen LogP contribution in [-0.2, 0) is 44.8 Å². The number of hydroxylamine groups is 2. The molecule has 0 spiro atoms. The van der Waals surface area contributed by atoms with E-state index in [0.717, 1.165) is 24.7 Å². The Morgan fingerprint density at radius 2 is 0.603 bits per heavy atom. The minimum absolute atomic E-state index is 0.0731. The van der Waals surface area contributed by atoms with Crippen LogP contribution in [-0.4, -0.2) is 219 Å². The third-order valence-corrected chi connectivity index (χ3v) is 30.4. The van der Waals surface area contributed by atoms with Crippen LogP contribution < -0.4 is 26.6 Å². The molecule has 4 aliphatic heterocycles. The van der Waals surface area contributed by atoms with Crippen molar-refractivity contribution in [2.75, 3.05) is 106 Å². The van der Waals surface area contributed by atoms with Crippen molar-refractivity contribution in [2.24, 2.45) is 0 Å². The lowest BCUT2D eigenvalue weighted by molar-refractivity contribution is -0.108. The van der Waals surface area contributed by atoms with Gasteiger partial charge in [-0.3, -0.25) is 39.1 Å². The fourth-order valence-corrected chi connectivity index (χ4v) is 21.7. The Morgan fingerprint density at radius 3 is 0.855 bits per heavy atom. The van der Waals surface area contributed by atoms with E-state index >= 15 is 0 Å². The molecule has 16 rings (SSSR count). The molecule has 4 fully saturated rings. The van der Waals surface area contributed by atoms with E-state index in [9.17, 15) is 58.1 Å². The first kappa shape index (κ1) is 97.4. The lowest BCUT2D eigenvalue weighted by Gasteiger charge is -2.35. The van der Waals surface area contributed by atoms with Gasteiger partial charge in [0.05, 0.1) is 74.7 Å². The molecule has 0 aliphatic carbocycles. The maximum atomic E-state index is 13.0. The number of carbonyl (C=O) groups excluding carboxylic acids is 4. The predicted octanol–water partition coefficient (Wildman–Crippen LogP) is 15.8. The number of rotatable bonds is 21. The minimum atomic E-state index is -3.69. The molecule has 4 atom stereocenters. The number of pyridine rings is 4. The Morgan fingerprint density at radius 1 is 0.351 bits per heavy atom. The molecule has 4 unspecified atom stereocenters. The van der Waals surface area contributed by atoms with E-state index in [1.807, 2.05) is 94.4 Å². The Balaban J connectivity index is 0.000000149. The van der Waals surface area contributed by atoms with Crippen molar-refractivity contribution in [1.29, 1.82) is 0 Å². The van der Waals surface area contributed by atoms with Gasteiger partial charge in [-0.25, -0.2) is 33.7 Å². The summed E-state index contributed by atoms with van der Waals surface area (Å²) in [6.45, 7) is 15.3. The molecule has 29 nitrogen and oxygen atoms in total. The summed E-state index contributed by atoms with van der Waals surface area (Å²) in [5, 5.41) is 27.2. The molecule has 0 radical (unpaired) electrons. The van der Waals surface area contributed by atoms with E-state index in [0.29, 0.717) is 149 Å². The smallest absolute Gasteiger partial charge is 0.255 e. The molecule has 4 amide bonds. The van der Waals surface area contributed by atoms with Crippen molar-refractivity contribution in [3.63, 3.8) is 0 Å². The van der Waals surface area contributed by atoms with Crippen LogP contribution in [0.5, 0.6) is 0 Å². The van der Waals surface area contributed by atoms with Gasteiger partial charge in [-0.2, -0.15) is 22.3 Å². The second-order valence-electron chi connectivity index (χ2n) is 31.1. The van der Waals surface area contributed by atoms with Gasteiger partial charge in [0.1, 0.15) is 0 Å². The molecule has 4 aromatic heterocycles. The van der Waals surface area contributed by atoms with Crippen LogP contribution in [0.25, 0.3) is 45.0 Å². The van der Waals surface area contributed by atoms with Crippen LogP contribution in [0.4, 0.5) is 22.7 Å². The molecule has 4 aliphatic rings. The molecule has 6 N–H and O–H groups in total. The summed E-state index contributed by atoms with van der Waals surface area (Å²) in [7, 11) is -14.6. The van der Waals surface area contributed by atoms with Gasteiger partial charge >= 0.3 is 0 Å². The van der Waals surface area contributed by atoms with E-state index in [4.69, 9.17) is 51.1 Å². The molecular formula is C94H95Cl4N15O14S4. The Kier molecular flexibility index (Phi) is 32.6. The summed E-state index contributed by atoms with van der Waals surface area (Å²) in [5.74, 6) is -1.43. The number of ether oxygens (including phenoxy) is 1. The molecular weight excluding hydrogens is 1830 g/mol. The summed E-state index contributed by atoms with van der Waals surface area (Å²) in [4.78, 5) is 71.0. The number of carbonyl (C=O) groups is 4. The first-order chi connectivity index (χ1) is 62.7. The minimum Gasteiger partial charge on any atom is -0.373 e. The second kappa shape index (κ2) is 43.9. The highest BCUT2D eigenvalue weighted by molar-refractivity contribution is 7.90. The first-order valence-electron chi connectivity index (χ1n) is 41.8. The topological polar surface area (TPSA) is 365 Å². The molecule has 4 saturated heterocycles. The number of nitrogens with zero attached hydrogens (tertiary/aromatic N) is 10. The number of amides is 4. The number of benzene rings is 8. The highest BCUT2D eigenvalue weighted by atomic mass is 35.5. The van der Waals surface area contributed by atoms with Gasteiger partial charge in [0, 0.05) is 183 Å². The van der Waals surface area contributed by atoms with E-state index in [1.54, 1.807) is 104 Å². The molecule has 0 saturated carbocycles. The van der Waals surface area contributed by atoms with Crippen molar-refractivity contribution in [3.8, 4) is 45.0 Å². The first-order valence-corrected chi connectivity index (χ1v) is 49.1.